The van der Waals surface area contributed by atoms with Gasteiger partial charge in [-0.3, -0.25) is 0 Å². The summed E-state index contributed by atoms with van der Waals surface area (Å²) in [5, 5.41) is 0. The minimum absolute atomic E-state index is 0.340. The van der Waals surface area contributed by atoms with E-state index in [4.69, 9.17) is 0 Å². The second kappa shape index (κ2) is 14.0. The van der Waals surface area contributed by atoms with Gasteiger partial charge < -0.3 is 9.16 Å². The zero-order chi connectivity index (χ0) is 14.3. The first-order chi connectivity index (χ1) is 9.13. The Morgan fingerprint density at radius 2 is 1.05 bits per heavy atom. The highest BCUT2D eigenvalue weighted by Gasteiger charge is 1.97. The molecule has 114 valence electrons. The number of rotatable bonds is 14. The first-order valence-electron chi connectivity index (χ1n) is 8.16. The fourth-order valence-corrected chi connectivity index (χ4v) is 2.36. The van der Waals surface area contributed by atoms with Crippen molar-refractivity contribution in [3.05, 3.63) is 0 Å². The minimum atomic E-state index is 0.340. The highest BCUT2D eigenvalue weighted by atomic mass is 16.7. The summed E-state index contributed by atoms with van der Waals surface area (Å²) in [5.74, 6) is 0.340. The van der Waals surface area contributed by atoms with Crippen LogP contribution in [0.15, 0.2) is 0 Å². The third-order valence-electron chi connectivity index (χ3n) is 3.58. The lowest BCUT2D eigenvalue weighted by molar-refractivity contribution is -0.117. The van der Waals surface area contributed by atoms with Gasteiger partial charge in [-0.2, -0.15) is 0 Å². The molecular formula is C17H35O2+. The maximum Gasteiger partial charge on any atom is 0.145 e. The van der Waals surface area contributed by atoms with Crippen molar-refractivity contribution in [3.63, 3.8) is 0 Å². The third kappa shape index (κ3) is 17.6. The lowest BCUT2D eigenvalue weighted by Crippen LogP contribution is -2.03. The Morgan fingerprint density at radius 1 is 0.684 bits per heavy atom. The number of ketones is 1. The maximum atomic E-state index is 10.8. The van der Waals surface area contributed by atoms with E-state index in [1.165, 1.54) is 64.2 Å². The number of hydrogen-bond donors (Lipinski definition) is 0. The lowest BCUT2D eigenvalue weighted by atomic mass is 10.0. The van der Waals surface area contributed by atoms with Crippen molar-refractivity contribution >= 4 is 5.78 Å². The fraction of sp³-hybridized carbons (Fsp3) is 0.941. The molecule has 0 bridgehead atoms. The summed E-state index contributed by atoms with van der Waals surface area (Å²) in [4.78, 5) is 10.8. The summed E-state index contributed by atoms with van der Waals surface area (Å²) in [5.41, 5.74) is 0. The third-order valence-corrected chi connectivity index (χ3v) is 3.58. The molecule has 0 unspecified atom stereocenters. The Labute approximate surface area is 120 Å². The zero-order valence-electron chi connectivity index (χ0n) is 13.5. The summed E-state index contributed by atoms with van der Waals surface area (Å²) in [6.45, 7) is 2.84. The molecule has 0 aromatic heterocycles. The van der Waals surface area contributed by atoms with Crippen LogP contribution in [0.3, 0.4) is 0 Å². The first kappa shape index (κ1) is 18.6. The second-order valence-corrected chi connectivity index (χ2v) is 6.03. The second-order valence-electron chi connectivity index (χ2n) is 6.03. The molecular weight excluding hydrogens is 236 g/mol. The lowest BCUT2D eigenvalue weighted by Gasteiger charge is -2.06. The number of Topliss-reactive ketones (excluding diaryl/α,β-unsaturated/α-hetero) is 1. The largest absolute Gasteiger partial charge is 0.426 e. The molecule has 2 heteroatoms. The minimum Gasteiger partial charge on any atom is -0.426 e. The van der Waals surface area contributed by atoms with Crippen molar-refractivity contribution in [1.82, 2.24) is 0 Å². The van der Waals surface area contributed by atoms with Gasteiger partial charge in [0.2, 0.25) is 0 Å². The quantitative estimate of drug-likeness (QED) is 0.319. The van der Waals surface area contributed by atoms with Crippen molar-refractivity contribution in [2.75, 3.05) is 20.8 Å². The number of unbranched alkanes of at least 4 members (excludes halogenated alkanes) is 10. The van der Waals surface area contributed by atoms with Crippen molar-refractivity contribution < 1.29 is 9.16 Å². The van der Waals surface area contributed by atoms with Gasteiger partial charge in [0, 0.05) is 12.8 Å². The molecule has 0 radical (unpaired) electrons. The van der Waals surface area contributed by atoms with Crippen LogP contribution in [0.4, 0.5) is 0 Å². The van der Waals surface area contributed by atoms with Gasteiger partial charge in [-0.1, -0.05) is 51.4 Å². The highest BCUT2D eigenvalue weighted by molar-refractivity contribution is 5.75. The van der Waals surface area contributed by atoms with E-state index in [1.54, 1.807) is 6.92 Å². The molecule has 0 rings (SSSR count). The predicted octanol–water partition coefficient (Wildman–Crippen LogP) is 5.07. The number of hydrogen-bond acceptors (Lipinski definition) is 1. The maximum absolute atomic E-state index is 10.8. The smallest absolute Gasteiger partial charge is 0.145 e. The van der Waals surface area contributed by atoms with E-state index in [1.807, 2.05) is 0 Å². The SMILES string of the molecule is CC(=O)CCCCCCCCCCCCC[O+](C)C. The normalized spacial score (nSPS) is 11.2. The fourth-order valence-electron chi connectivity index (χ4n) is 2.36. The van der Waals surface area contributed by atoms with Crippen molar-refractivity contribution in [2.24, 2.45) is 0 Å². The molecule has 0 aromatic rings. The summed E-state index contributed by atoms with van der Waals surface area (Å²) >= 11 is 0. The summed E-state index contributed by atoms with van der Waals surface area (Å²) < 4.78 is 2.97. The van der Waals surface area contributed by atoms with E-state index < -0.39 is 0 Å². The molecule has 0 saturated heterocycles. The van der Waals surface area contributed by atoms with Gasteiger partial charge in [-0.15, -0.1) is 0 Å². The van der Waals surface area contributed by atoms with Crippen LogP contribution in [0.2, 0.25) is 0 Å². The molecule has 0 aliphatic carbocycles. The van der Waals surface area contributed by atoms with Crippen LogP contribution < -0.4 is 0 Å². The van der Waals surface area contributed by atoms with Crippen molar-refractivity contribution in [2.45, 2.75) is 84.0 Å². The monoisotopic (exact) mass is 271 g/mol. The van der Waals surface area contributed by atoms with Gasteiger partial charge in [0.05, 0.1) is 0 Å². The van der Waals surface area contributed by atoms with Gasteiger partial charge in [-0.05, 0) is 19.8 Å². The summed E-state index contributed by atoms with van der Waals surface area (Å²) in [6.07, 6.45) is 15.5. The van der Waals surface area contributed by atoms with Crippen LogP contribution in [-0.2, 0) is 9.16 Å². The zero-order valence-corrected chi connectivity index (χ0v) is 13.5. The van der Waals surface area contributed by atoms with Crippen molar-refractivity contribution in [3.8, 4) is 0 Å². The number of carbonyl (C=O) groups excluding carboxylic acids is 1. The Hall–Kier alpha value is -0.370. The van der Waals surface area contributed by atoms with E-state index in [0.29, 0.717) is 5.78 Å². The van der Waals surface area contributed by atoms with E-state index in [0.717, 1.165) is 19.4 Å². The summed E-state index contributed by atoms with van der Waals surface area (Å²) in [6, 6.07) is 0. The Morgan fingerprint density at radius 3 is 1.42 bits per heavy atom. The highest BCUT2D eigenvalue weighted by Crippen LogP contribution is 2.12. The first-order valence-corrected chi connectivity index (χ1v) is 8.16. The molecule has 0 spiro atoms. The molecule has 0 aliphatic rings. The molecule has 0 N–H and O–H groups in total. The van der Waals surface area contributed by atoms with E-state index in [9.17, 15) is 4.79 Å². The van der Waals surface area contributed by atoms with Gasteiger partial charge in [0.15, 0.2) is 0 Å². The molecule has 0 aromatic carbocycles. The Kier molecular flexibility index (Phi) is 13.8. The topological polar surface area (TPSA) is 19.8 Å². The molecule has 0 amide bonds. The van der Waals surface area contributed by atoms with E-state index >= 15 is 0 Å². The molecule has 0 saturated carbocycles. The average Bonchev–Trinajstić information content (AvgIpc) is 2.34. The molecule has 0 heterocycles. The molecule has 0 atom stereocenters. The van der Waals surface area contributed by atoms with Crippen LogP contribution in [-0.4, -0.2) is 26.6 Å². The number of carbonyl (C=O) groups is 1. The van der Waals surface area contributed by atoms with Crippen LogP contribution in [0.1, 0.15) is 84.0 Å². The van der Waals surface area contributed by atoms with Crippen LogP contribution in [0, 0.1) is 0 Å². The molecule has 19 heavy (non-hydrogen) atoms. The summed E-state index contributed by atoms with van der Waals surface area (Å²) in [7, 11) is 4.13. The molecule has 0 aliphatic heterocycles. The van der Waals surface area contributed by atoms with E-state index in [2.05, 4.69) is 18.6 Å². The van der Waals surface area contributed by atoms with E-state index in [-0.39, 0.29) is 0 Å². The van der Waals surface area contributed by atoms with Gasteiger partial charge in [0.1, 0.15) is 26.6 Å². The van der Waals surface area contributed by atoms with Crippen LogP contribution in [0.5, 0.6) is 0 Å². The molecule has 2 nitrogen and oxygen atoms in total. The standard InChI is InChI=1S/C17H35O2/c1-17(18)15-13-11-9-7-5-4-6-8-10-12-14-16-19(2)3/h4-16H2,1-3H3/q+1. The molecule has 0 fully saturated rings. The van der Waals surface area contributed by atoms with Crippen LogP contribution >= 0.6 is 0 Å². The predicted molar refractivity (Wildman–Crippen MR) is 83.9 cm³/mol. The van der Waals surface area contributed by atoms with Gasteiger partial charge in [-0.25, -0.2) is 0 Å². The van der Waals surface area contributed by atoms with Gasteiger partial charge >= 0.3 is 0 Å². The average molecular weight is 271 g/mol. The Bertz CT molecular complexity index is 199. The van der Waals surface area contributed by atoms with Crippen molar-refractivity contribution in [1.29, 1.82) is 0 Å². The Balaban J connectivity index is 2.97. The van der Waals surface area contributed by atoms with Crippen LogP contribution in [0.25, 0.3) is 0 Å². The van der Waals surface area contributed by atoms with Gasteiger partial charge in [0.25, 0.3) is 0 Å².